The van der Waals surface area contributed by atoms with Crippen molar-refractivity contribution in [3.8, 4) is 23.0 Å². The van der Waals surface area contributed by atoms with Crippen LogP contribution in [0, 0.1) is 0 Å². The van der Waals surface area contributed by atoms with E-state index in [4.69, 9.17) is 9.84 Å². The molecule has 3 aromatic heterocycles. The Hall–Kier alpha value is -2.88. The van der Waals surface area contributed by atoms with Gasteiger partial charge in [-0.3, -0.25) is 4.98 Å². The minimum atomic E-state index is -1.09. The van der Waals surface area contributed by atoms with E-state index in [2.05, 4.69) is 41.2 Å². The van der Waals surface area contributed by atoms with Crippen LogP contribution in [-0.4, -0.2) is 47.1 Å². The van der Waals surface area contributed by atoms with Crippen molar-refractivity contribution < 1.29 is 14.6 Å². The highest BCUT2D eigenvalue weighted by Crippen LogP contribution is 2.36. The quantitative estimate of drug-likeness (QED) is 0.699. The van der Waals surface area contributed by atoms with E-state index in [1.165, 1.54) is 30.2 Å². The molecule has 0 aliphatic carbocycles. The number of hydrogen-bond acceptors (Lipinski definition) is 7. The summed E-state index contributed by atoms with van der Waals surface area (Å²) in [5.74, 6) is -0.520. The Morgan fingerprint density at radius 2 is 2.12 bits per heavy atom. The minimum absolute atomic E-state index is 0.127. The van der Waals surface area contributed by atoms with Crippen molar-refractivity contribution in [2.24, 2.45) is 0 Å². The Morgan fingerprint density at radius 3 is 2.75 bits per heavy atom. The first-order valence-corrected chi connectivity index (χ1v) is 7.58. The van der Waals surface area contributed by atoms with Crippen LogP contribution in [0.1, 0.15) is 6.92 Å². The second-order valence-corrected chi connectivity index (χ2v) is 5.47. The fraction of sp³-hybridized carbons (Fsp3) is 0.143. The first-order chi connectivity index (χ1) is 11.6. The van der Waals surface area contributed by atoms with Crippen molar-refractivity contribution in [3.05, 3.63) is 41.5 Å². The van der Waals surface area contributed by atoms with Gasteiger partial charge in [0.05, 0.1) is 24.3 Å². The summed E-state index contributed by atoms with van der Waals surface area (Å²) in [5.41, 5.74) is 1.30. The van der Waals surface area contributed by atoms with Crippen LogP contribution in [0.4, 0.5) is 0 Å². The average molecular weight is 391 g/mol. The third kappa shape index (κ3) is 3.08. The lowest BCUT2D eigenvalue weighted by molar-refractivity contribution is -0.144. The summed E-state index contributed by atoms with van der Waals surface area (Å²) < 4.78 is 7.39. The fourth-order valence-electron chi connectivity index (χ4n) is 1.92. The highest BCUT2D eigenvalue weighted by Gasteiger charge is 2.24. The molecule has 0 aliphatic rings. The molecule has 9 nitrogen and oxygen atoms in total. The van der Waals surface area contributed by atoms with Crippen molar-refractivity contribution in [3.63, 3.8) is 0 Å². The van der Waals surface area contributed by atoms with E-state index >= 15 is 0 Å². The Labute approximate surface area is 144 Å². The lowest BCUT2D eigenvalue weighted by Gasteiger charge is -2.07. The first kappa shape index (κ1) is 16.0. The molecule has 3 heterocycles. The molecule has 1 atom stereocenters. The van der Waals surface area contributed by atoms with E-state index < -0.39 is 12.1 Å². The van der Waals surface area contributed by atoms with E-state index in [1.807, 2.05) is 0 Å². The summed E-state index contributed by atoms with van der Waals surface area (Å²) in [6, 6.07) is 1.74. The van der Waals surface area contributed by atoms with Crippen LogP contribution in [0.5, 0.6) is 5.88 Å². The SMILES string of the molecule is C[C@@H](Oc1nn(-c2cnccn2)c(-c2ccnnc2)c1Br)C(=O)O. The molecule has 10 heteroatoms. The van der Waals surface area contributed by atoms with Crippen LogP contribution in [0.15, 0.2) is 41.5 Å². The van der Waals surface area contributed by atoms with Crippen LogP contribution in [-0.2, 0) is 4.79 Å². The number of halogens is 1. The van der Waals surface area contributed by atoms with Crippen LogP contribution in [0.2, 0.25) is 0 Å². The van der Waals surface area contributed by atoms with Crippen LogP contribution in [0.3, 0.4) is 0 Å². The molecular weight excluding hydrogens is 380 g/mol. The van der Waals surface area contributed by atoms with Crippen LogP contribution < -0.4 is 4.74 Å². The zero-order valence-corrected chi connectivity index (χ0v) is 14.0. The van der Waals surface area contributed by atoms with E-state index in [0.29, 0.717) is 21.5 Å². The van der Waals surface area contributed by atoms with Gasteiger partial charge in [-0.2, -0.15) is 10.2 Å². The second-order valence-electron chi connectivity index (χ2n) is 4.67. The predicted octanol–water partition coefficient (Wildman–Crippen LogP) is 1.73. The van der Waals surface area contributed by atoms with Gasteiger partial charge in [-0.1, -0.05) is 0 Å². The molecule has 0 radical (unpaired) electrons. The summed E-state index contributed by atoms with van der Waals surface area (Å²) in [6.07, 6.45) is 6.63. The highest BCUT2D eigenvalue weighted by atomic mass is 79.9. The number of aromatic nitrogens is 6. The second kappa shape index (κ2) is 6.71. The maximum Gasteiger partial charge on any atom is 0.344 e. The maximum atomic E-state index is 11.0. The van der Waals surface area contributed by atoms with Gasteiger partial charge in [-0.25, -0.2) is 14.5 Å². The Balaban J connectivity index is 2.15. The number of aliphatic carboxylic acids is 1. The molecule has 0 spiro atoms. The third-order valence-electron chi connectivity index (χ3n) is 3.06. The van der Waals surface area contributed by atoms with Gasteiger partial charge in [0.2, 0.25) is 5.88 Å². The molecule has 24 heavy (non-hydrogen) atoms. The van der Waals surface area contributed by atoms with Crippen LogP contribution >= 0.6 is 15.9 Å². The van der Waals surface area contributed by atoms with Crippen molar-refractivity contribution in [1.29, 1.82) is 0 Å². The molecule has 0 saturated heterocycles. The lowest BCUT2D eigenvalue weighted by atomic mass is 10.2. The van der Waals surface area contributed by atoms with E-state index in [-0.39, 0.29) is 5.88 Å². The normalized spacial score (nSPS) is 11.9. The highest BCUT2D eigenvalue weighted by molar-refractivity contribution is 9.10. The topological polar surface area (TPSA) is 116 Å². The third-order valence-corrected chi connectivity index (χ3v) is 3.77. The van der Waals surface area contributed by atoms with Gasteiger partial charge in [-0.15, -0.1) is 5.10 Å². The summed E-state index contributed by atoms with van der Waals surface area (Å²) >= 11 is 3.42. The average Bonchev–Trinajstić information content (AvgIpc) is 2.93. The molecule has 122 valence electrons. The summed E-state index contributed by atoms with van der Waals surface area (Å²) in [5, 5.41) is 20.9. The van der Waals surface area contributed by atoms with E-state index in [1.54, 1.807) is 18.5 Å². The standard InChI is InChI=1S/C14H11BrN6O3/c1-8(14(22)23)24-13-11(15)12(9-2-3-18-19-6-9)21(20-13)10-7-16-4-5-17-10/h2-8H,1H3,(H,22,23)/t8-/m1/s1. The molecule has 0 unspecified atom stereocenters. The monoisotopic (exact) mass is 390 g/mol. The number of carboxylic acid groups (broad SMARTS) is 1. The smallest absolute Gasteiger partial charge is 0.344 e. The Kier molecular flexibility index (Phi) is 4.47. The van der Waals surface area contributed by atoms with Gasteiger partial charge >= 0.3 is 5.97 Å². The molecular formula is C14H11BrN6O3. The molecule has 3 aromatic rings. The maximum absolute atomic E-state index is 11.0. The Morgan fingerprint density at radius 1 is 1.29 bits per heavy atom. The van der Waals surface area contributed by atoms with Gasteiger partial charge in [-0.05, 0) is 28.9 Å². The van der Waals surface area contributed by atoms with Gasteiger partial charge in [0.25, 0.3) is 0 Å². The van der Waals surface area contributed by atoms with E-state index in [0.717, 1.165) is 0 Å². The molecule has 3 rings (SSSR count). The lowest BCUT2D eigenvalue weighted by Crippen LogP contribution is -2.23. The largest absolute Gasteiger partial charge is 0.479 e. The van der Waals surface area contributed by atoms with Crippen molar-refractivity contribution in [2.45, 2.75) is 13.0 Å². The summed E-state index contributed by atoms with van der Waals surface area (Å²) in [7, 11) is 0. The van der Waals surface area contributed by atoms with Crippen LogP contribution in [0.25, 0.3) is 17.1 Å². The Bertz CT molecular complexity index is 856. The van der Waals surface area contributed by atoms with Gasteiger partial charge < -0.3 is 9.84 Å². The number of ether oxygens (including phenoxy) is 1. The number of rotatable bonds is 5. The van der Waals surface area contributed by atoms with Crippen molar-refractivity contribution >= 4 is 21.9 Å². The molecule has 0 aromatic carbocycles. The molecule has 1 N–H and O–H groups in total. The number of carbonyl (C=O) groups is 1. The van der Waals surface area contributed by atoms with Gasteiger partial charge in [0.15, 0.2) is 11.9 Å². The zero-order valence-electron chi connectivity index (χ0n) is 12.4. The summed E-state index contributed by atoms with van der Waals surface area (Å²) in [6.45, 7) is 1.42. The van der Waals surface area contributed by atoms with Gasteiger partial charge in [0.1, 0.15) is 4.47 Å². The zero-order chi connectivity index (χ0) is 17.1. The molecule has 0 saturated carbocycles. The van der Waals surface area contributed by atoms with Gasteiger partial charge in [0, 0.05) is 18.0 Å². The van der Waals surface area contributed by atoms with E-state index in [9.17, 15) is 4.79 Å². The number of nitrogens with zero attached hydrogens (tertiary/aromatic N) is 6. The number of hydrogen-bond donors (Lipinski definition) is 1. The van der Waals surface area contributed by atoms with Crippen molar-refractivity contribution in [1.82, 2.24) is 29.9 Å². The van der Waals surface area contributed by atoms with Crippen molar-refractivity contribution in [2.75, 3.05) is 0 Å². The minimum Gasteiger partial charge on any atom is -0.479 e. The first-order valence-electron chi connectivity index (χ1n) is 6.79. The number of carboxylic acids is 1. The molecule has 0 amide bonds. The molecule has 0 fully saturated rings. The fourth-order valence-corrected chi connectivity index (χ4v) is 2.49. The predicted molar refractivity (Wildman–Crippen MR) is 85.6 cm³/mol. The summed E-state index contributed by atoms with van der Waals surface area (Å²) in [4.78, 5) is 19.3. The molecule has 0 aliphatic heterocycles. The molecule has 0 bridgehead atoms.